The number of nitrogens with zero attached hydrogens (tertiary/aromatic N) is 1. The van der Waals surface area contributed by atoms with Crippen LogP contribution in [0.15, 0.2) is 139 Å². The second kappa shape index (κ2) is 12.7. The van der Waals surface area contributed by atoms with Gasteiger partial charge in [-0.05, 0) is 75.7 Å². The fourth-order valence-corrected chi connectivity index (χ4v) is 5.09. The van der Waals surface area contributed by atoms with Crippen molar-refractivity contribution in [1.82, 2.24) is 0 Å². The monoisotopic (exact) mass is 533 g/mol. The van der Waals surface area contributed by atoms with Gasteiger partial charge in [-0.25, -0.2) is 0 Å². The smallest absolute Gasteiger partial charge is 0.118 e. The van der Waals surface area contributed by atoms with Crippen LogP contribution in [0, 0.1) is 11.3 Å². The molecule has 0 spiro atoms. The largest absolute Gasteiger partial charge is 0.497 e. The molecule has 0 N–H and O–H groups in total. The van der Waals surface area contributed by atoms with Crippen LogP contribution in [0.4, 0.5) is 0 Å². The average molecular weight is 534 g/mol. The van der Waals surface area contributed by atoms with Gasteiger partial charge in [0.2, 0.25) is 0 Å². The van der Waals surface area contributed by atoms with Gasteiger partial charge >= 0.3 is 0 Å². The molecule has 0 amide bonds. The Labute approximate surface area is 242 Å². The van der Waals surface area contributed by atoms with Crippen molar-refractivity contribution in [3.63, 3.8) is 0 Å². The Morgan fingerprint density at radius 2 is 0.732 bits per heavy atom. The lowest BCUT2D eigenvalue weighted by Gasteiger charge is -2.19. The number of ether oxygens (including phenoxy) is 2. The van der Waals surface area contributed by atoms with E-state index in [9.17, 15) is 5.26 Å². The van der Waals surface area contributed by atoms with Crippen LogP contribution in [-0.4, -0.2) is 14.2 Å². The van der Waals surface area contributed by atoms with Crippen LogP contribution in [0.1, 0.15) is 40.3 Å². The number of methoxy groups -OCH3 is 2. The zero-order valence-electron chi connectivity index (χ0n) is 23.5. The third-order valence-electron chi connectivity index (χ3n) is 7.14. The Morgan fingerprint density at radius 3 is 1.07 bits per heavy atom. The van der Waals surface area contributed by atoms with Gasteiger partial charge in [0.15, 0.2) is 0 Å². The first-order valence-corrected chi connectivity index (χ1v) is 13.5. The van der Waals surface area contributed by atoms with Gasteiger partial charge in [-0.15, -0.1) is 0 Å². The lowest BCUT2D eigenvalue weighted by Crippen LogP contribution is -1.99. The van der Waals surface area contributed by atoms with Gasteiger partial charge in [-0.1, -0.05) is 109 Å². The molecule has 0 aliphatic carbocycles. The molecule has 0 bridgehead atoms. The summed E-state index contributed by atoms with van der Waals surface area (Å²) >= 11 is 0. The fraction of sp³-hybridized carbons (Fsp3) is 0.0789. The number of hydrogen-bond acceptors (Lipinski definition) is 3. The minimum absolute atomic E-state index is 0.680. The lowest BCUT2D eigenvalue weighted by molar-refractivity contribution is 0.414. The molecular formula is C38H31NO2. The van der Waals surface area contributed by atoms with Gasteiger partial charge in [0.1, 0.15) is 11.5 Å². The van der Waals surface area contributed by atoms with Gasteiger partial charge in [-0.2, -0.15) is 5.26 Å². The van der Waals surface area contributed by atoms with Crippen molar-refractivity contribution in [1.29, 1.82) is 5.26 Å². The summed E-state index contributed by atoms with van der Waals surface area (Å²) in [5.74, 6) is 1.61. The maximum atomic E-state index is 9.79. The van der Waals surface area contributed by atoms with Gasteiger partial charge < -0.3 is 9.47 Å². The summed E-state index contributed by atoms with van der Waals surface area (Å²) in [6.45, 7) is 1.87. The van der Waals surface area contributed by atoms with Crippen LogP contribution in [-0.2, 0) is 0 Å². The SMILES string of the molecule is COc1ccc(C(=C(c2ccccc2)c2ccc(/C(=C(/C)C#N)c3ccccc3)cc2)c2ccc(OC)cc2)cc1. The second-order valence-corrected chi connectivity index (χ2v) is 9.63. The van der Waals surface area contributed by atoms with Gasteiger partial charge in [0.25, 0.3) is 0 Å². The van der Waals surface area contributed by atoms with Crippen molar-refractivity contribution in [3.8, 4) is 17.6 Å². The van der Waals surface area contributed by atoms with E-state index in [2.05, 4.69) is 78.9 Å². The number of hydrogen-bond donors (Lipinski definition) is 0. The third-order valence-corrected chi connectivity index (χ3v) is 7.14. The standard InChI is InChI=1S/C38H31NO2/c1-27(26-39)36(28-10-6-4-7-11-28)30-14-16-31(17-15-30)37(29-12-8-5-9-13-29)38(32-18-22-34(40-2)23-19-32)33-20-24-35(41-3)25-21-33/h4-25H,1-3H3/b36-27-. The molecule has 0 saturated heterocycles. The fourth-order valence-electron chi connectivity index (χ4n) is 5.09. The quantitative estimate of drug-likeness (QED) is 0.148. The minimum atomic E-state index is 0.680. The van der Waals surface area contributed by atoms with E-state index < -0.39 is 0 Å². The molecule has 0 atom stereocenters. The lowest BCUT2D eigenvalue weighted by atomic mass is 9.85. The Hall–Kier alpha value is -5.33. The van der Waals surface area contributed by atoms with E-state index in [1.54, 1.807) is 14.2 Å². The highest BCUT2D eigenvalue weighted by atomic mass is 16.5. The summed E-state index contributed by atoms with van der Waals surface area (Å²) in [6.07, 6.45) is 0. The van der Waals surface area contributed by atoms with Crippen molar-refractivity contribution in [3.05, 3.63) is 172 Å². The third kappa shape index (κ3) is 5.98. The molecule has 0 aromatic heterocycles. The normalized spacial score (nSPS) is 11.2. The molecule has 0 unspecified atom stereocenters. The van der Waals surface area contributed by atoms with E-state index in [-0.39, 0.29) is 0 Å². The molecule has 0 aliphatic heterocycles. The van der Waals surface area contributed by atoms with Crippen molar-refractivity contribution in [2.24, 2.45) is 0 Å². The Bertz CT molecular complexity index is 1660. The Morgan fingerprint density at radius 1 is 0.439 bits per heavy atom. The summed E-state index contributed by atoms with van der Waals surface area (Å²) in [4.78, 5) is 0. The molecule has 0 heterocycles. The first kappa shape index (κ1) is 27.2. The molecule has 5 aromatic rings. The molecule has 5 aromatic carbocycles. The predicted octanol–water partition coefficient (Wildman–Crippen LogP) is 9.06. The van der Waals surface area contributed by atoms with Gasteiger partial charge in [0.05, 0.1) is 20.3 Å². The average Bonchev–Trinajstić information content (AvgIpc) is 3.05. The summed E-state index contributed by atoms with van der Waals surface area (Å²) in [5, 5.41) is 9.79. The number of rotatable bonds is 8. The number of benzene rings is 5. The molecule has 0 saturated carbocycles. The van der Waals surface area contributed by atoms with Crippen LogP contribution in [0.2, 0.25) is 0 Å². The van der Waals surface area contributed by atoms with Crippen LogP contribution in [0.3, 0.4) is 0 Å². The highest BCUT2D eigenvalue weighted by Crippen LogP contribution is 2.38. The number of allylic oxidation sites excluding steroid dienone is 1. The number of nitriles is 1. The molecule has 3 heteroatoms. The molecule has 5 rings (SSSR count). The van der Waals surface area contributed by atoms with E-state index in [1.165, 1.54) is 0 Å². The molecular weight excluding hydrogens is 502 g/mol. The summed E-state index contributed by atoms with van der Waals surface area (Å²) in [6, 6.07) is 47.8. The van der Waals surface area contributed by atoms with Crippen LogP contribution in [0.5, 0.6) is 11.5 Å². The van der Waals surface area contributed by atoms with Crippen LogP contribution >= 0.6 is 0 Å². The van der Waals surface area contributed by atoms with Gasteiger partial charge in [-0.3, -0.25) is 0 Å². The first-order chi connectivity index (χ1) is 20.1. The molecule has 200 valence electrons. The zero-order valence-corrected chi connectivity index (χ0v) is 23.5. The Kier molecular flexibility index (Phi) is 8.43. The maximum absolute atomic E-state index is 9.79. The summed E-state index contributed by atoms with van der Waals surface area (Å²) in [5.41, 5.74) is 10.2. The second-order valence-electron chi connectivity index (χ2n) is 9.63. The van der Waals surface area contributed by atoms with Gasteiger partial charge in [0, 0.05) is 11.1 Å². The molecule has 41 heavy (non-hydrogen) atoms. The predicted molar refractivity (Wildman–Crippen MR) is 168 cm³/mol. The van der Waals surface area contributed by atoms with Crippen molar-refractivity contribution >= 4 is 16.7 Å². The maximum Gasteiger partial charge on any atom is 0.118 e. The van der Waals surface area contributed by atoms with E-state index in [0.717, 1.165) is 61.6 Å². The minimum Gasteiger partial charge on any atom is -0.497 e. The van der Waals surface area contributed by atoms with E-state index in [0.29, 0.717) is 5.57 Å². The zero-order chi connectivity index (χ0) is 28.6. The molecule has 0 fully saturated rings. The van der Waals surface area contributed by atoms with Crippen molar-refractivity contribution in [2.75, 3.05) is 14.2 Å². The molecule has 3 nitrogen and oxygen atoms in total. The summed E-state index contributed by atoms with van der Waals surface area (Å²) in [7, 11) is 3.36. The van der Waals surface area contributed by atoms with Crippen molar-refractivity contribution in [2.45, 2.75) is 6.92 Å². The first-order valence-electron chi connectivity index (χ1n) is 13.5. The molecule has 0 radical (unpaired) electrons. The molecule has 0 aliphatic rings. The van der Waals surface area contributed by atoms with E-state index >= 15 is 0 Å². The highest BCUT2D eigenvalue weighted by molar-refractivity contribution is 6.04. The van der Waals surface area contributed by atoms with Crippen LogP contribution in [0.25, 0.3) is 16.7 Å². The van der Waals surface area contributed by atoms with E-state index in [4.69, 9.17) is 9.47 Å². The summed E-state index contributed by atoms with van der Waals surface area (Å²) < 4.78 is 10.9. The van der Waals surface area contributed by atoms with Crippen molar-refractivity contribution < 1.29 is 9.47 Å². The topological polar surface area (TPSA) is 42.2 Å². The Balaban J connectivity index is 1.75. The highest BCUT2D eigenvalue weighted by Gasteiger charge is 2.18. The van der Waals surface area contributed by atoms with Crippen LogP contribution < -0.4 is 9.47 Å². The van der Waals surface area contributed by atoms with E-state index in [1.807, 2.05) is 67.6 Å².